The van der Waals surface area contributed by atoms with E-state index in [1.807, 2.05) is 12.4 Å². The Hall–Kier alpha value is -1.19. The van der Waals surface area contributed by atoms with E-state index in [9.17, 15) is 14.9 Å². The van der Waals surface area contributed by atoms with Crippen LogP contribution >= 0.6 is 0 Å². The SMILES string of the molecule is CCCCCCCCC/C=C/C(CCCCCCC[C]=O)[N+](=O)[O-]. The van der Waals surface area contributed by atoms with Crippen LogP contribution in [0.4, 0.5) is 0 Å². The van der Waals surface area contributed by atoms with Crippen LogP contribution in [0.5, 0.6) is 0 Å². The minimum atomic E-state index is -0.530. The molecule has 1 unspecified atom stereocenters. The number of hydrogen-bond acceptors (Lipinski definition) is 3. The van der Waals surface area contributed by atoms with E-state index in [2.05, 4.69) is 6.92 Å². The zero-order valence-corrected chi connectivity index (χ0v) is 15.5. The minimum absolute atomic E-state index is 0.164. The molecule has 0 bridgehead atoms. The van der Waals surface area contributed by atoms with Crippen molar-refractivity contribution in [3.63, 3.8) is 0 Å². The number of allylic oxidation sites excluding steroid dienone is 1. The van der Waals surface area contributed by atoms with Crippen molar-refractivity contribution >= 4 is 6.29 Å². The molecule has 0 aromatic heterocycles. The lowest BCUT2D eigenvalue weighted by Gasteiger charge is -2.05. The van der Waals surface area contributed by atoms with Crippen molar-refractivity contribution in [3.05, 3.63) is 22.3 Å². The highest BCUT2D eigenvalue weighted by Crippen LogP contribution is 2.12. The maximum atomic E-state index is 11.1. The van der Waals surface area contributed by atoms with E-state index in [1.54, 1.807) is 6.08 Å². The zero-order valence-electron chi connectivity index (χ0n) is 15.5. The van der Waals surface area contributed by atoms with Crippen molar-refractivity contribution in [1.29, 1.82) is 0 Å². The summed E-state index contributed by atoms with van der Waals surface area (Å²) in [4.78, 5) is 21.0. The molecular formula is C20H36NO3. The number of unbranched alkanes of at least 4 members (excludes halogenated alkanes) is 12. The van der Waals surface area contributed by atoms with Crippen molar-refractivity contribution in [2.75, 3.05) is 0 Å². The molecule has 1 radical (unpaired) electrons. The van der Waals surface area contributed by atoms with Crippen molar-refractivity contribution in [3.8, 4) is 0 Å². The Balaban J connectivity index is 3.64. The first-order valence-corrected chi connectivity index (χ1v) is 9.87. The largest absolute Gasteiger partial charge is 0.291 e. The van der Waals surface area contributed by atoms with Gasteiger partial charge in [-0.05, 0) is 31.8 Å². The summed E-state index contributed by atoms with van der Waals surface area (Å²) < 4.78 is 0. The third-order valence-corrected chi connectivity index (χ3v) is 4.38. The number of rotatable bonds is 18. The van der Waals surface area contributed by atoms with E-state index in [0.717, 1.165) is 44.9 Å². The highest BCUT2D eigenvalue weighted by Gasteiger charge is 2.14. The molecule has 0 heterocycles. The molecule has 0 aliphatic rings. The van der Waals surface area contributed by atoms with E-state index >= 15 is 0 Å². The smallest absolute Gasteiger partial charge is 0.231 e. The van der Waals surface area contributed by atoms with Gasteiger partial charge in [0.1, 0.15) is 0 Å². The maximum absolute atomic E-state index is 11.1. The second-order valence-electron chi connectivity index (χ2n) is 6.64. The summed E-state index contributed by atoms with van der Waals surface area (Å²) in [6.45, 7) is 2.23. The first-order valence-electron chi connectivity index (χ1n) is 9.87. The summed E-state index contributed by atoms with van der Waals surface area (Å²) in [6.07, 6.45) is 21.6. The molecular weight excluding hydrogens is 302 g/mol. The van der Waals surface area contributed by atoms with Gasteiger partial charge < -0.3 is 0 Å². The highest BCUT2D eigenvalue weighted by atomic mass is 16.6. The van der Waals surface area contributed by atoms with Gasteiger partial charge in [0.05, 0.1) is 0 Å². The van der Waals surface area contributed by atoms with Crippen molar-refractivity contribution in [1.82, 2.24) is 0 Å². The average molecular weight is 339 g/mol. The monoisotopic (exact) mass is 338 g/mol. The number of nitro groups is 1. The summed E-state index contributed by atoms with van der Waals surface area (Å²) >= 11 is 0. The lowest BCUT2D eigenvalue weighted by atomic mass is 10.0. The van der Waals surface area contributed by atoms with Gasteiger partial charge in [0.15, 0.2) is 6.29 Å². The molecule has 0 fully saturated rings. The van der Waals surface area contributed by atoms with Gasteiger partial charge in [-0.3, -0.25) is 14.9 Å². The molecule has 1 atom stereocenters. The van der Waals surface area contributed by atoms with Gasteiger partial charge in [0.25, 0.3) is 0 Å². The van der Waals surface area contributed by atoms with Crippen LogP contribution in [-0.2, 0) is 4.79 Å². The van der Waals surface area contributed by atoms with Crippen molar-refractivity contribution in [2.24, 2.45) is 0 Å². The maximum Gasteiger partial charge on any atom is 0.231 e. The summed E-state index contributed by atoms with van der Waals surface area (Å²) in [5.74, 6) is 0. The quantitative estimate of drug-likeness (QED) is 0.130. The molecule has 0 N–H and O–H groups in total. The fourth-order valence-electron chi connectivity index (χ4n) is 2.83. The Kier molecular flexibility index (Phi) is 17.3. The molecule has 0 spiro atoms. The van der Waals surface area contributed by atoms with E-state index < -0.39 is 6.04 Å². The molecule has 0 saturated carbocycles. The fourth-order valence-corrected chi connectivity index (χ4v) is 2.83. The summed E-state index contributed by atoms with van der Waals surface area (Å²) in [6, 6.07) is -0.530. The molecule has 24 heavy (non-hydrogen) atoms. The lowest BCUT2D eigenvalue weighted by Crippen LogP contribution is -2.16. The van der Waals surface area contributed by atoms with Gasteiger partial charge in [-0.25, -0.2) is 0 Å². The second-order valence-corrected chi connectivity index (χ2v) is 6.64. The highest BCUT2D eigenvalue weighted by molar-refractivity contribution is 5.50. The molecule has 0 aliphatic heterocycles. The summed E-state index contributed by atoms with van der Waals surface area (Å²) in [5, 5.41) is 11.1. The molecule has 0 aliphatic carbocycles. The Bertz CT molecular complexity index is 329. The molecule has 0 aromatic rings. The Morgan fingerprint density at radius 3 is 2.12 bits per heavy atom. The van der Waals surface area contributed by atoms with E-state index in [4.69, 9.17) is 0 Å². The first-order chi connectivity index (χ1) is 11.7. The molecule has 0 saturated heterocycles. The first kappa shape index (κ1) is 22.8. The van der Waals surface area contributed by atoms with Crippen LogP contribution in [0.25, 0.3) is 0 Å². The van der Waals surface area contributed by atoms with Gasteiger partial charge in [-0.2, -0.15) is 0 Å². The zero-order chi connectivity index (χ0) is 17.9. The molecule has 0 rings (SSSR count). The normalized spacial score (nSPS) is 12.5. The van der Waals surface area contributed by atoms with Crippen LogP contribution in [0.1, 0.15) is 103 Å². The topological polar surface area (TPSA) is 60.2 Å². The average Bonchev–Trinajstić information content (AvgIpc) is 2.57. The molecule has 4 nitrogen and oxygen atoms in total. The Morgan fingerprint density at radius 1 is 0.917 bits per heavy atom. The standard InChI is InChI=1S/C20H36NO3/c1-2-3-4-5-6-7-8-11-14-17-20(21(23)24)18-15-12-9-10-13-16-19-22/h14,17,20H,2-13,15-16,18H2,1H3/b17-14+. The van der Waals surface area contributed by atoms with E-state index in [1.165, 1.54) is 38.5 Å². The molecule has 0 aromatic carbocycles. The summed E-state index contributed by atoms with van der Waals surface area (Å²) in [5.41, 5.74) is 0. The lowest BCUT2D eigenvalue weighted by molar-refractivity contribution is -0.510. The minimum Gasteiger partial charge on any atom is -0.291 e. The van der Waals surface area contributed by atoms with Crippen LogP contribution in [-0.4, -0.2) is 17.3 Å². The van der Waals surface area contributed by atoms with Crippen LogP contribution < -0.4 is 0 Å². The fraction of sp³-hybridized carbons (Fsp3) is 0.850. The Morgan fingerprint density at radius 2 is 1.50 bits per heavy atom. The number of hydrogen-bond donors (Lipinski definition) is 0. The van der Waals surface area contributed by atoms with Crippen LogP contribution in [0.2, 0.25) is 0 Å². The van der Waals surface area contributed by atoms with Gasteiger partial charge in [-0.15, -0.1) is 0 Å². The van der Waals surface area contributed by atoms with Gasteiger partial charge >= 0.3 is 0 Å². The van der Waals surface area contributed by atoms with Crippen LogP contribution in [0.15, 0.2) is 12.2 Å². The predicted molar refractivity (Wildman–Crippen MR) is 101 cm³/mol. The molecule has 4 heteroatoms. The van der Waals surface area contributed by atoms with Crippen LogP contribution in [0, 0.1) is 10.1 Å². The second kappa shape index (κ2) is 18.2. The number of carbonyl (C=O) groups excluding carboxylic acids is 1. The molecule has 0 amide bonds. The van der Waals surface area contributed by atoms with E-state index in [0.29, 0.717) is 12.8 Å². The summed E-state index contributed by atoms with van der Waals surface area (Å²) in [7, 11) is 0. The Labute approximate surface area is 148 Å². The van der Waals surface area contributed by atoms with Crippen molar-refractivity contribution < 1.29 is 9.72 Å². The van der Waals surface area contributed by atoms with Crippen molar-refractivity contribution in [2.45, 2.75) is 109 Å². The third-order valence-electron chi connectivity index (χ3n) is 4.38. The van der Waals surface area contributed by atoms with Gasteiger partial charge in [0, 0.05) is 17.8 Å². The van der Waals surface area contributed by atoms with Gasteiger partial charge in [-0.1, -0.05) is 70.8 Å². The van der Waals surface area contributed by atoms with Crippen LogP contribution in [0.3, 0.4) is 0 Å². The van der Waals surface area contributed by atoms with Gasteiger partial charge in [0.2, 0.25) is 6.04 Å². The number of nitrogens with zero attached hydrogens (tertiary/aromatic N) is 1. The van der Waals surface area contributed by atoms with E-state index in [-0.39, 0.29) is 4.92 Å². The predicted octanol–water partition coefficient (Wildman–Crippen LogP) is 6.17. The third kappa shape index (κ3) is 15.7. The molecule has 139 valence electrons.